The number of rotatable bonds is 6. The van der Waals surface area contributed by atoms with E-state index in [0.717, 1.165) is 36.4 Å². The molecule has 0 saturated carbocycles. The Morgan fingerprint density at radius 1 is 1.21 bits per heavy atom. The predicted molar refractivity (Wildman–Crippen MR) is 129 cm³/mol. The average Bonchev–Trinajstić information content (AvgIpc) is 3.15. The minimum absolute atomic E-state index is 0. The monoisotopic (exact) mass is 508 g/mol. The number of fused-ring (bicyclic) bond motifs is 1. The van der Waals surface area contributed by atoms with Gasteiger partial charge in [0.25, 0.3) is 0 Å². The first kappa shape index (κ1) is 23.0. The molecule has 0 spiro atoms. The van der Waals surface area contributed by atoms with Crippen molar-refractivity contribution in [1.29, 1.82) is 0 Å². The molecule has 0 unspecified atom stereocenters. The number of guanidine groups is 1. The molecular formula is C22H29IN4O2. The van der Waals surface area contributed by atoms with Crippen LogP contribution in [-0.4, -0.2) is 45.7 Å². The van der Waals surface area contributed by atoms with E-state index in [1.807, 2.05) is 30.0 Å². The average molecular weight is 508 g/mol. The third-order valence-electron chi connectivity index (χ3n) is 5.00. The SMILES string of the molecule is CN=C(NCCc1ccc(C)c(OC)c1)NCC(=O)N1CCc2ccccc21.I. The first-order valence-corrected chi connectivity index (χ1v) is 9.58. The van der Waals surface area contributed by atoms with Crippen LogP contribution in [-0.2, 0) is 17.6 Å². The number of aliphatic imine (C=N–C) groups is 1. The molecule has 1 amide bonds. The van der Waals surface area contributed by atoms with Crippen LogP contribution in [0.4, 0.5) is 5.69 Å². The summed E-state index contributed by atoms with van der Waals surface area (Å²) in [5.74, 6) is 1.58. The van der Waals surface area contributed by atoms with E-state index in [1.54, 1.807) is 14.2 Å². The van der Waals surface area contributed by atoms with E-state index in [0.29, 0.717) is 12.5 Å². The lowest BCUT2D eigenvalue weighted by Crippen LogP contribution is -2.44. The van der Waals surface area contributed by atoms with Gasteiger partial charge < -0.3 is 20.3 Å². The number of benzene rings is 2. The van der Waals surface area contributed by atoms with Crippen molar-refractivity contribution in [2.75, 3.05) is 38.7 Å². The van der Waals surface area contributed by atoms with Gasteiger partial charge in [0, 0.05) is 25.8 Å². The maximum atomic E-state index is 12.6. The Hall–Kier alpha value is -2.29. The van der Waals surface area contributed by atoms with E-state index in [-0.39, 0.29) is 36.4 Å². The Bertz CT molecular complexity index is 870. The number of methoxy groups -OCH3 is 1. The fraction of sp³-hybridized carbons (Fsp3) is 0.364. The van der Waals surface area contributed by atoms with Crippen LogP contribution in [0.2, 0.25) is 0 Å². The fourth-order valence-electron chi connectivity index (χ4n) is 3.42. The normalized spacial score (nSPS) is 12.8. The second-order valence-corrected chi connectivity index (χ2v) is 6.83. The van der Waals surface area contributed by atoms with Gasteiger partial charge in [-0.3, -0.25) is 9.79 Å². The minimum atomic E-state index is 0. The first-order chi connectivity index (χ1) is 13.6. The largest absolute Gasteiger partial charge is 0.496 e. The van der Waals surface area contributed by atoms with E-state index in [2.05, 4.69) is 39.9 Å². The summed E-state index contributed by atoms with van der Waals surface area (Å²) in [6.45, 7) is 3.70. The topological polar surface area (TPSA) is 66.0 Å². The molecule has 1 aliphatic rings. The number of nitrogens with zero attached hydrogens (tertiary/aromatic N) is 2. The molecule has 6 nitrogen and oxygen atoms in total. The number of nitrogens with one attached hydrogen (secondary N) is 2. The molecule has 1 heterocycles. The van der Waals surface area contributed by atoms with Crippen LogP contribution in [0.25, 0.3) is 0 Å². The van der Waals surface area contributed by atoms with Gasteiger partial charge in [-0.2, -0.15) is 0 Å². The van der Waals surface area contributed by atoms with Crippen molar-refractivity contribution >= 4 is 41.5 Å². The zero-order valence-corrected chi connectivity index (χ0v) is 19.5. The van der Waals surface area contributed by atoms with Crippen LogP contribution in [0.1, 0.15) is 16.7 Å². The molecule has 0 radical (unpaired) electrons. The number of aryl methyl sites for hydroxylation is 1. The van der Waals surface area contributed by atoms with Crippen molar-refractivity contribution in [2.45, 2.75) is 19.8 Å². The molecule has 29 heavy (non-hydrogen) atoms. The van der Waals surface area contributed by atoms with Gasteiger partial charge in [0.05, 0.1) is 13.7 Å². The summed E-state index contributed by atoms with van der Waals surface area (Å²) >= 11 is 0. The van der Waals surface area contributed by atoms with Crippen LogP contribution < -0.4 is 20.3 Å². The molecule has 3 rings (SSSR count). The molecular weight excluding hydrogens is 479 g/mol. The van der Waals surface area contributed by atoms with Crippen LogP contribution >= 0.6 is 24.0 Å². The lowest BCUT2D eigenvalue weighted by atomic mass is 10.1. The molecule has 2 aromatic rings. The highest BCUT2D eigenvalue weighted by Gasteiger charge is 2.23. The summed E-state index contributed by atoms with van der Waals surface area (Å²) in [6.07, 6.45) is 1.75. The van der Waals surface area contributed by atoms with E-state index in [4.69, 9.17) is 4.74 Å². The Morgan fingerprint density at radius 3 is 2.76 bits per heavy atom. The second kappa shape index (κ2) is 11.0. The summed E-state index contributed by atoms with van der Waals surface area (Å²) in [6, 6.07) is 14.3. The van der Waals surface area contributed by atoms with Crippen molar-refractivity contribution < 1.29 is 9.53 Å². The third-order valence-corrected chi connectivity index (χ3v) is 5.00. The fourth-order valence-corrected chi connectivity index (χ4v) is 3.42. The lowest BCUT2D eigenvalue weighted by Gasteiger charge is -2.19. The number of amides is 1. The number of hydrogen-bond acceptors (Lipinski definition) is 3. The number of anilines is 1. The van der Waals surface area contributed by atoms with Crippen LogP contribution in [0.3, 0.4) is 0 Å². The van der Waals surface area contributed by atoms with E-state index in [1.165, 1.54) is 11.1 Å². The van der Waals surface area contributed by atoms with Crippen LogP contribution in [0, 0.1) is 6.92 Å². The molecule has 2 aromatic carbocycles. The van der Waals surface area contributed by atoms with Gasteiger partial charge in [-0.15, -0.1) is 24.0 Å². The summed E-state index contributed by atoms with van der Waals surface area (Å²) < 4.78 is 5.37. The van der Waals surface area contributed by atoms with Crippen molar-refractivity contribution in [2.24, 2.45) is 4.99 Å². The van der Waals surface area contributed by atoms with Gasteiger partial charge in [-0.05, 0) is 48.6 Å². The molecule has 0 aromatic heterocycles. The molecule has 0 fully saturated rings. The summed E-state index contributed by atoms with van der Waals surface area (Å²) in [4.78, 5) is 18.6. The highest BCUT2D eigenvalue weighted by Crippen LogP contribution is 2.27. The highest BCUT2D eigenvalue weighted by molar-refractivity contribution is 14.0. The third kappa shape index (κ3) is 5.85. The first-order valence-electron chi connectivity index (χ1n) is 9.58. The summed E-state index contributed by atoms with van der Waals surface area (Å²) in [7, 11) is 3.39. The molecule has 0 atom stereocenters. The molecule has 0 aliphatic carbocycles. The second-order valence-electron chi connectivity index (χ2n) is 6.83. The van der Waals surface area contributed by atoms with Gasteiger partial charge >= 0.3 is 0 Å². The van der Waals surface area contributed by atoms with Crippen molar-refractivity contribution in [3.8, 4) is 5.75 Å². The molecule has 2 N–H and O–H groups in total. The summed E-state index contributed by atoms with van der Waals surface area (Å²) in [5, 5.41) is 6.38. The molecule has 0 saturated heterocycles. The lowest BCUT2D eigenvalue weighted by molar-refractivity contribution is -0.117. The molecule has 7 heteroatoms. The smallest absolute Gasteiger partial charge is 0.246 e. The van der Waals surface area contributed by atoms with E-state index in [9.17, 15) is 4.79 Å². The van der Waals surface area contributed by atoms with E-state index >= 15 is 0 Å². The zero-order chi connectivity index (χ0) is 19.9. The number of ether oxygens (including phenoxy) is 1. The van der Waals surface area contributed by atoms with Gasteiger partial charge in [-0.25, -0.2) is 0 Å². The number of carbonyl (C=O) groups excluding carboxylic acids is 1. The highest BCUT2D eigenvalue weighted by atomic mass is 127. The standard InChI is InChI=1S/C22H28N4O2.HI/c1-16-8-9-17(14-20(16)28-3)10-12-24-22(23-2)25-15-21(27)26-13-11-18-6-4-5-7-19(18)26;/h4-9,14H,10-13,15H2,1-3H3,(H2,23,24,25);1H. The van der Waals surface area contributed by atoms with Gasteiger partial charge in [0.15, 0.2) is 5.96 Å². The van der Waals surface area contributed by atoms with Crippen molar-refractivity contribution in [1.82, 2.24) is 10.6 Å². The molecule has 156 valence electrons. The van der Waals surface area contributed by atoms with E-state index < -0.39 is 0 Å². The van der Waals surface area contributed by atoms with Crippen molar-refractivity contribution in [3.63, 3.8) is 0 Å². The number of para-hydroxylation sites is 1. The maximum absolute atomic E-state index is 12.6. The van der Waals surface area contributed by atoms with Crippen LogP contribution in [0.15, 0.2) is 47.5 Å². The van der Waals surface area contributed by atoms with Crippen molar-refractivity contribution in [3.05, 3.63) is 59.2 Å². The summed E-state index contributed by atoms with van der Waals surface area (Å²) in [5.41, 5.74) is 4.56. The zero-order valence-electron chi connectivity index (χ0n) is 17.2. The predicted octanol–water partition coefficient (Wildman–Crippen LogP) is 2.92. The molecule has 1 aliphatic heterocycles. The number of carbonyl (C=O) groups is 1. The van der Waals surface area contributed by atoms with Gasteiger partial charge in [0.1, 0.15) is 5.75 Å². The Labute approximate surface area is 189 Å². The minimum Gasteiger partial charge on any atom is -0.496 e. The number of halogens is 1. The quantitative estimate of drug-likeness (QED) is 0.358. The Balaban J connectivity index is 0.00000300. The Morgan fingerprint density at radius 2 is 2.00 bits per heavy atom. The number of hydrogen-bond donors (Lipinski definition) is 2. The Kier molecular flexibility index (Phi) is 8.75. The van der Waals surface area contributed by atoms with Gasteiger partial charge in [0.2, 0.25) is 5.91 Å². The maximum Gasteiger partial charge on any atom is 0.246 e. The van der Waals surface area contributed by atoms with Gasteiger partial charge in [-0.1, -0.05) is 30.3 Å². The van der Waals surface area contributed by atoms with Crippen LogP contribution in [0.5, 0.6) is 5.75 Å². The molecule has 0 bridgehead atoms.